The molecule has 0 bridgehead atoms. The van der Waals surface area contributed by atoms with Gasteiger partial charge in [-0.25, -0.2) is 4.98 Å². The van der Waals surface area contributed by atoms with Crippen molar-refractivity contribution in [2.75, 3.05) is 11.4 Å². The molecule has 1 heterocycles. The van der Waals surface area contributed by atoms with E-state index in [1.807, 2.05) is 6.07 Å². The second-order valence-corrected chi connectivity index (χ2v) is 4.98. The summed E-state index contributed by atoms with van der Waals surface area (Å²) in [5.74, 6) is 0.953. The molecular formula is C13H19ClN2O. The first-order valence-corrected chi connectivity index (χ1v) is 6.66. The molecule has 0 unspecified atom stereocenters. The summed E-state index contributed by atoms with van der Waals surface area (Å²) in [6.45, 7) is 3.21. The average Bonchev–Trinajstić information content (AvgIpc) is 3.16. The van der Waals surface area contributed by atoms with Crippen molar-refractivity contribution in [1.29, 1.82) is 0 Å². The Hall–Kier alpha value is -0.800. The molecule has 0 amide bonds. The van der Waals surface area contributed by atoms with Crippen molar-refractivity contribution in [2.45, 2.75) is 45.3 Å². The second-order valence-electron chi connectivity index (χ2n) is 4.57. The maximum atomic E-state index is 9.22. The van der Waals surface area contributed by atoms with Gasteiger partial charge in [-0.05, 0) is 25.3 Å². The summed E-state index contributed by atoms with van der Waals surface area (Å²) in [4.78, 5) is 6.73. The van der Waals surface area contributed by atoms with E-state index in [1.54, 1.807) is 6.20 Å². The van der Waals surface area contributed by atoms with Gasteiger partial charge in [0.1, 0.15) is 5.82 Å². The molecule has 1 aromatic heterocycles. The van der Waals surface area contributed by atoms with Gasteiger partial charge >= 0.3 is 0 Å². The van der Waals surface area contributed by atoms with Crippen LogP contribution in [0.15, 0.2) is 12.3 Å². The van der Waals surface area contributed by atoms with Gasteiger partial charge in [-0.15, -0.1) is 0 Å². The van der Waals surface area contributed by atoms with Crippen LogP contribution in [0.5, 0.6) is 0 Å². The number of aliphatic hydroxyl groups excluding tert-OH is 1. The molecule has 2 rings (SSSR count). The predicted molar refractivity (Wildman–Crippen MR) is 70.4 cm³/mol. The van der Waals surface area contributed by atoms with E-state index in [2.05, 4.69) is 16.8 Å². The molecule has 17 heavy (non-hydrogen) atoms. The molecular weight excluding hydrogens is 236 g/mol. The van der Waals surface area contributed by atoms with Gasteiger partial charge in [0, 0.05) is 24.3 Å². The van der Waals surface area contributed by atoms with E-state index in [1.165, 1.54) is 25.7 Å². The van der Waals surface area contributed by atoms with Gasteiger partial charge < -0.3 is 10.0 Å². The Morgan fingerprint density at radius 3 is 2.88 bits per heavy atom. The first-order valence-electron chi connectivity index (χ1n) is 6.28. The average molecular weight is 255 g/mol. The standard InChI is InChI=1S/C13H19ClN2O/c1-2-3-6-16(11-4-5-11)13-7-10(9-17)12(14)8-15-13/h7-8,11,17H,2-6,9H2,1H3. The van der Waals surface area contributed by atoms with Crippen molar-refractivity contribution in [3.05, 3.63) is 22.8 Å². The molecule has 0 atom stereocenters. The van der Waals surface area contributed by atoms with E-state index in [9.17, 15) is 5.11 Å². The Morgan fingerprint density at radius 1 is 1.53 bits per heavy atom. The van der Waals surface area contributed by atoms with E-state index in [0.29, 0.717) is 11.1 Å². The number of halogens is 1. The van der Waals surface area contributed by atoms with Crippen molar-refractivity contribution >= 4 is 17.4 Å². The molecule has 1 aliphatic rings. The summed E-state index contributed by atoms with van der Waals surface area (Å²) in [7, 11) is 0. The van der Waals surface area contributed by atoms with Crippen molar-refractivity contribution in [3.63, 3.8) is 0 Å². The van der Waals surface area contributed by atoms with Crippen LogP contribution in [0.3, 0.4) is 0 Å². The van der Waals surface area contributed by atoms with Crippen molar-refractivity contribution in [3.8, 4) is 0 Å². The van der Waals surface area contributed by atoms with Gasteiger partial charge in [-0.3, -0.25) is 0 Å². The number of hydrogen-bond acceptors (Lipinski definition) is 3. The van der Waals surface area contributed by atoms with Crippen LogP contribution in [0.25, 0.3) is 0 Å². The van der Waals surface area contributed by atoms with Crippen LogP contribution in [0.2, 0.25) is 5.02 Å². The lowest BCUT2D eigenvalue weighted by molar-refractivity contribution is 0.282. The van der Waals surface area contributed by atoms with Gasteiger partial charge in [0.15, 0.2) is 0 Å². The third kappa shape index (κ3) is 3.11. The van der Waals surface area contributed by atoms with Gasteiger partial charge in [0.05, 0.1) is 11.6 Å². The lowest BCUT2D eigenvalue weighted by Gasteiger charge is -2.23. The van der Waals surface area contributed by atoms with Crippen LogP contribution in [0, 0.1) is 0 Å². The van der Waals surface area contributed by atoms with E-state index < -0.39 is 0 Å². The molecule has 1 aliphatic carbocycles. The van der Waals surface area contributed by atoms with Crippen LogP contribution < -0.4 is 4.90 Å². The highest BCUT2D eigenvalue weighted by molar-refractivity contribution is 6.31. The number of aromatic nitrogens is 1. The lowest BCUT2D eigenvalue weighted by atomic mass is 10.2. The zero-order valence-electron chi connectivity index (χ0n) is 10.2. The van der Waals surface area contributed by atoms with Gasteiger partial charge in [-0.1, -0.05) is 24.9 Å². The summed E-state index contributed by atoms with van der Waals surface area (Å²) >= 11 is 5.96. The van der Waals surface area contributed by atoms with Crippen LogP contribution >= 0.6 is 11.6 Å². The Kier molecular flexibility index (Phi) is 4.24. The fourth-order valence-corrected chi connectivity index (χ4v) is 2.11. The van der Waals surface area contributed by atoms with Crippen LogP contribution in [0.1, 0.15) is 38.2 Å². The number of anilines is 1. The summed E-state index contributed by atoms with van der Waals surface area (Å²) < 4.78 is 0. The van der Waals surface area contributed by atoms with E-state index in [4.69, 9.17) is 11.6 Å². The zero-order chi connectivity index (χ0) is 12.3. The monoisotopic (exact) mass is 254 g/mol. The molecule has 0 aromatic carbocycles. The van der Waals surface area contributed by atoms with Crippen LogP contribution in [-0.2, 0) is 6.61 Å². The molecule has 94 valence electrons. The molecule has 0 aliphatic heterocycles. The number of hydrogen-bond donors (Lipinski definition) is 1. The van der Waals surface area contributed by atoms with Gasteiger partial charge in [-0.2, -0.15) is 0 Å². The normalized spacial score (nSPS) is 15.0. The fourth-order valence-electron chi connectivity index (χ4n) is 1.94. The molecule has 0 saturated heterocycles. The Labute approximate surface area is 107 Å². The van der Waals surface area contributed by atoms with Crippen LogP contribution in [0.4, 0.5) is 5.82 Å². The van der Waals surface area contributed by atoms with E-state index in [0.717, 1.165) is 17.9 Å². The maximum Gasteiger partial charge on any atom is 0.129 e. The first-order chi connectivity index (χ1) is 8.26. The number of pyridine rings is 1. The third-order valence-corrected chi connectivity index (χ3v) is 3.47. The summed E-state index contributed by atoms with van der Waals surface area (Å²) in [5.41, 5.74) is 0.763. The van der Waals surface area contributed by atoms with Crippen molar-refractivity contribution < 1.29 is 5.11 Å². The summed E-state index contributed by atoms with van der Waals surface area (Å²) in [6.07, 6.45) is 6.51. The molecule has 4 heteroatoms. The first kappa shape index (κ1) is 12.7. The molecule has 1 aromatic rings. The minimum absolute atomic E-state index is 0.0271. The minimum Gasteiger partial charge on any atom is -0.392 e. The van der Waals surface area contributed by atoms with E-state index >= 15 is 0 Å². The Balaban J connectivity index is 2.16. The van der Waals surface area contributed by atoms with Crippen molar-refractivity contribution in [1.82, 2.24) is 4.98 Å². The molecule has 3 nitrogen and oxygen atoms in total. The molecule has 0 radical (unpaired) electrons. The second kappa shape index (κ2) is 5.69. The molecule has 1 N–H and O–H groups in total. The van der Waals surface area contributed by atoms with Gasteiger partial charge in [0.25, 0.3) is 0 Å². The smallest absolute Gasteiger partial charge is 0.129 e. The predicted octanol–water partition coefficient (Wildman–Crippen LogP) is 3.00. The number of nitrogens with zero attached hydrogens (tertiary/aromatic N) is 2. The highest BCUT2D eigenvalue weighted by Crippen LogP contribution is 2.32. The molecule has 1 saturated carbocycles. The minimum atomic E-state index is -0.0271. The van der Waals surface area contributed by atoms with E-state index in [-0.39, 0.29) is 6.61 Å². The van der Waals surface area contributed by atoms with Crippen molar-refractivity contribution in [2.24, 2.45) is 0 Å². The maximum absolute atomic E-state index is 9.22. The number of aliphatic hydroxyl groups is 1. The molecule has 1 fully saturated rings. The van der Waals surface area contributed by atoms with Gasteiger partial charge in [0.2, 0.25) is 0 Å². The topological polar surface area (TPSA) is 36.4 Å². The fraction of sp³-hybridized carbons (Fsp3) is 0.615. The number of unbranched alkanes of at least 4 members (excludes halogenated alkanes) is 1. The zero-order valence-corrected chi connectivity index (χ0v) is 11.0. The number of rotatable bonds is 6. The Morgan fingerprint density at radius 2 is 2.29 bits per heavy atom. The Bertz CT molecular complexity index is 380. The quantitative estimate of drug-likeness (QED) is 0.848. The third-order valence-electron chi connectivity index (χ3n) is 3.13. The molecule has 0 spiro atoms. The van der Waals surface area contributed by atoms with Crippen LogP contribution in [-0.4, -0.2) is 22.7 Å². The highest BCUT2D eigenvalue weighted by atomic mass is 35.5. The highest BCUT2D eigenvalue weighted by Gasteiger charge is 2.29. The summed E-state index contributed by atoms with van der Waals surface area (Å²) in [5, 5.41) is 9.77. The summed E-state index contributed by atoms with van der Waals surface area (Å²) in [6, 6.07) is 2.55. The SMILES string of the molecule is CCCCN(c1cc(CO)c(Cl)cn1)C1CC1. The lowest BCUT2D eigenvalue weighted by Crippen LogP contribution is -2.27. The largest absolute Gasteiger partial charge is 0.392 e.